The van der Waals surface area contributed by atoms with E-state index >= 15 is 0 Å². The number of ether oxygens (including phenoxy) is 2. The molecular weight excluding hydrogens is 414 g/mol. The lowest BCUT2D eigenvalue weighted by Gasteiger charge is -2.24. The van der Waals surface area contributed by atoms with Crippen LogP contribution in [0.5, 0.6) is 11.5 Å². The molecule has 0 aliphatic heterocycles. The zero-order chi connectivity index (χ0) is 23.2. The number of aromatic amines is 1. The zero-order valence-electron chi connectivity index (χ0n) is 18.9. The number of amides is 1. The molecule has 0 saturated carbocycles. The molecule has 1 heterocycles. The van der Waals surface area contributed by atoms with Gasteiger partial charge in [0.25, 0.3) is 5.91 Å². The normalized spacial score (nSPS) is 12.6. The Bertz CT molecular complexity index is 1210. The van der Waals surface area contributed by atoms with Crippen LogP contribution in [0, 0.1) is 0 Å². The van der Waals surface area contributed by atoms with Gasteiger partial charge < -0.3 is 19.8 Å². The summed E-state index contributed by atoms with van der Waals surface area (Å²) in [6.07, 6.45) is 3.40. The molecule has 6 nitrogen and oxygen atoms in total. The van der Waals surface area contributed by atoms with Gasteiger partial charge in [-0.05, 0) is 24.6 Å². The Morgan fingerprint density at radius 1 is 0.909 bits per heavy atom. The molecule has 0 aliphatic rings. The van der Waals surface area contributed by atoms with Gasteiger partial charge in [0.15, 0.2) is 0 Å². The molecule has 3 aromatic carbocycles. The van der Waals surface area contributed by atoms with Crippen molar-refractivity contribution in [3.05, 3.63) is 113 Å². The highest BCUT2D eigenvalue weighted by Gasteiger charge is 2.27. The van der Waals surface area contributed by atoms with E-state index in [1.807, 2.05) is 61.5 Å². The van der Waals surface area contributed by atoms with E-state index in [-0.39, 0.29) is 17.9 Å². The van der Waals surface area contributed by atoms with E-state index in [1.54, 1.807) is 32.7 Å². The second kappa shape index (κ2) is 10.0. The van der Waals surface area contributed by atoms with Gasteiger partial charge >= 0.3 is 0 Å². The van der Waals surface area contributed by atoms with E-state index in [2.05, 4.69) is 27.4 Å². The van der Waals surface area contributed by atoms with Crippen LogP contribution in [0.15, 0.2) is 85.2 Å². The largest absolute Gasteiger partial charge is 0.496 e. The second-order valence-electron chi connectivity index (χ2n) is 7.68. The quantitative estimate of drug-likeness (QED) is 0.373. The lowest BCUT2D eigenvalue weighted by molar-refractivity contribution is 0.0935. The van der Waals surface area contributed by atoms with Crippen LogP contribution in [-0.2, 0) is 0 Å². The average Bonchev–Trinajstić information content (AvgIpc) is 3.40. The van der Waals surface area contributed by atoms with Crippen LogP contribution in [-0.4, -0.2) is 30.1 Å². The SMILES string of the molecule is COc1ccccc1C(c1ccccc1)c1cccc(C(=O)NC(C)c2ncc[nH]2)c1OC. The van der Waals surface area contributed by atoms with Crippen LogP contribution in [0.2, 0.25) is 0 Å². The molecule has 168 valence electrons. The summed E-state index contributed by atoms with van der Waals surface area (Å²) in [4.78, 5) is 20.5. The maximum atomic E-state index is 13.2. The lowest BCUT2D eigenvalue weighted by atomic mass is 9.83. The van der Waals surface area contributed by atoms with Crippen LogP contribution >= 0.6 is 0 Å². The van der Waals surface area contributed by atoms with Crippen molar-refractivity contribution < 1.29 is 14.3 Å². The highest BCUT2D eigenvalue weighted by molar-refractivity contribution is 5.97. The Morgan fingerprint density at radius 2 is 1.64 bits per heavy atom. The molecule has 0 aliphatic carbocycles. The number of carbonyl (C=O) groups excluding carboxylic acids is 1. The van der Waals surface area contributed by atoms with Crippen molar-refractivity contribution in [2.24, 2.45) is 0 Å². The predicted molar refractivity (Wildman–Crippen MR) is 128 cm³/mol. The van der Waals surface area contributed by atoms with Gasteiger partial charge in [0, 0.05) is 29.4 Å². The summed E-state index contributed by atoms with van der Waals surface area (Å²) in [5.41, 5.74) is 3.41. The Balaban J connectivity index is 1.81. The van der Waals surface area contributed by atoms with Crippen LogP contribution < -0.4 is 14.8 Å². The first-order chi connectivity index (χ1) is 16.1. The molecule has 1 aromatic heterocycles. The summed E-state index contributed by atoms with van der Waals surface area (Å²) in [5.74, 6) is 1.57. The fourth-order valence-electron chi connectivity index (χ4n) is 4.12. The van der Waals surface area contributed by atoms with Gasteiger partial charge in [0.05, 0.1) is 25.8 Å². The first kappa shape index (κ1) is 22.1. The third-order valence-electron chi connectivity index (χ3n) is 5.67. The van der Waals surface area contributed by atoms with Gasteiger partial charge in [0.2, 0.25) is 0 Å². The van der Waals surface area contributed by atoms with Gasteiger partial charge in [-0.2, -0.15) is 0 Å². The Kier molecular flexibility index (Phi) is 6.74. The molecule has 4 aromatic rings. The van der Waals surface area contributed by atoms with Gasteiger partial charge in [-0.1, -0.05) is 60.7 Å². The van der Waals surface area contributed by atoms with E-state index in [0.717, 1.165) is 22.4 Å². The lowest BCUT2D eigenvalue weighted by Crippen LogP contribution is -2.28. The van der Waals surface area contributed by atoms with E-state index < -0.39 is 0 Å². The Morgan fingerprint density at radius 3 is 2.33 bits per heavy atom. The Labute approximate surface area is 193 Å². The topological polar surface area (TPSA) is 76.2 Å². The van der Waals surface area contributed by atoms with Crippen LogP contribution in [0.25, 0.3) is 0 Å². The molecule has 1 amide bonds. The number of imidazole rings is 1. The predicted octanol–water partition coefficient (Wildman–Crippen LogP) is 5.10. The van der Waals surface area contributed by atoms with Crippen molar-refractivity contribution in [3.8, 4) is 11.5 Å². The van der Waals surface area contributed by atoms with Crippen molar-refractivity contribution in [2.45, 2.75) is 18.9 Å². The van der Waals surface area contributed by atoms with Gasteiger partial charge in [-0.15, -0.1) is 0 Å². The first-order valence-electron chi connectivity index (χ1n) is 10.8. The third kappa shape index (κ3) is 4.60. The Hall–Kier alpha value is -4.06. The molecule has 0 fully saturated rings. The number of hydrogen-bond donors (Lipinski definition) is 2. The van der Waals surface area contributed by atoms with Crippen molar-refractivity contribution in [2.75, 3.05) is 14.2 Å². The standard InChI is InChI=1S/C27H27N3O3/c1-18(26-28-16-17-29-26)30-27(31)22-14-9-13-21(25(22)33-3)24(19-10-5-4-6-11-19)20-12-7-8-15-23(20)32-2/h4-18,24H,1-3H3,(H,28,29)(H,30,31). The number of rotatable bonds is 8. The number of nitrogens with zero attached hydrogens (tertiary/aromatic N) is 1. The molecule has 0 saturated heterocycles. The number of aromatic nitrogens is 2. The number of para-hydroxylation sites is 2. The number of benzene rings is 3. The van der Waals surface area contributed by atoms with E-state index in [0.29, 0.717) is 17.1 Å². The maximum absolute atomic E-state index is 13.2. The van der Waals surface area contributed by atoms with Crippen molar-refractivity contribution in [3.63, 3.8) is 0 Å². The summed E-state index contributed by atoms with van der Waals surface area (Å²) in [5, 5.41) is 3.00. The second-order valence-corrected chi connectivity index (χ2v) is 7.68. The number of H-pyrrole nitrogens is 1. The van der Waals surface area contributed by atoms with Crippen molar-refractivity contribution >= 4 is 5.91 Å². The van der Waals surface area contributed by atoms with E-state index in [9.17, 15) is 4.79 Å². The maximum Gasteiger partial charge on any atom is 0.255 e. The van der Waals surface area contributed by atoms with Crippen LogP contribution in [0.4, 0.5) is 0 Å². The molecule has 6 heteroatoms. The van der Waals surface area contributed by atoms with Crippen molar-refractivity contribution in [1.82, 2.24) is 15.3 Å². The van der Waals surface area contributed by atoms with Gasteiger partial charge in [-0.25, -0.2) is 4.98 Å². The highest BCUT2D eigenvalue weighted by Crippen LogP contribution is 2.42. The number of carbonyl (C=O) groups is 1. The fraction of sp³-hybridized carbons (Fsp3) is 0.185. The van der Waals surface area contributed by atoms with Gasteiger partial charge in [0.1, 0.15) is 17.3 Å². The summed E-state index contributed by atoms with van der Waals surface area (Å²) in [6, 6.07) is 23.4. The molecule has 4 rings (SSSR count). The van der Waals surface area contributed by atoms with E-state index in [1.165, 1.54) is 0 Å². The van der Waals surface area contributed by atoms with Crippen molar-refractivity contribution in [1.29, 1.82) is 0 Å². The summed E-state index contributed by atoms with van der Waals surface area (Å²) < 4.78 is 11.5. The highest BCUT2D eigenvalue weighted by atomic mass is 16.5. The summed E-state index contributed by atoms with van der Waals surface area (Å²) in [7, 11) is 3.26. The molecule has 33 heavy (non-hydrogen) atoms. The molecule has 0 bridgehead atoms. The first-order valence-corrected chi connectivity index (χ1v) is 10.8. The third-order valence-corrected chi connectivity index (χ3v) is 5.67. The average molecular weight is 442 g/mol. The number of nitrogens with one attached hydrogen (secondary N) is 2. The molecular formula is C27H27N3O3. The minimum Gasteiger partial charge on any atom is -0.496 e. The van der Waals surface area contributed by atoms with Crippen LogP contribution in [0.1, 0.15) is 51.8 Å². The number of hydrogen-bond acceptors (Lipinski definition) is 4. The smallest absolute Gasteiger partial charge is 0.255 e. The number of methoxy groups -OCH3 is 2. The monoisotopic (exact) mass is 441 g/mol. The molecule has 2 N–H and O–H groups in total. The fourth-order valence-corrected chi connectivity index (χ4v) is 4.12. The minimum atomic E-state index is -0.278. The molecule has 0 radical (unpaired) electrons. The van der Waals surface area contributed by atoms with Crippen LogP contribution in [0.3, 0.4) is 0 Å². The molecule has 0 spiro atoms. The molecule has 2 unspecified atom stereocenters. The summed E-state index contributed by atoms with van der Waals surface area (Å²) >= 11 is 0. The minimum absolute atomic E-state index is 0.187. The zero-order valence-corrected chi connectivity index (χ0v) is 18.9. The summed E-state index contributed by atoms with van der Waals surface area (Å²) in [6.45, 7) is 1.88. The van der Waals surface area contributed by atoms with Gasteiger partial charge in [-0.3, -0.25) is 4.79 Å². The van der Waals surface area contributed by atoms with E-state index in [4.69, 9.17) is 9.47 Å². The molecule has 2 atom stereocenters.